The van der Waals surface area contributed by atoms with E-state index in [2.05, 4.69) is 24.4 Å². The van der Waals surface area contributed by atoms with Crippen LogP contribution in [0.5, 0.6) is 5.75 Å². The van der Waals surface area contributed by atoms with E-state index in [-0.39, 0.29) is 11.9 Å². The number of nitrogens with one attached hydrogen (secondary N) is 1. The van der Waals surface area contributed by atoms with Crippen molar-refractivity contribution in [2.24, 2.45) is 0 Å². The first-order chi connectivity index (χ1) is 10.7. The third kappa shape index (κ3) is 4.35. The van der Waals surface area contributed by atoms with Crippen LogP contribution in [0.25, 0.3) is 0 Å². The number of ether oxygens (including phenoxy) is 1. The Morgan fingerprint density at radius 1 is 1.09 bits per heavy atom. The lowest BCUT2D eigenvalue weighted by Crippen LogP contribution is -2.29. The van der Waals surface area contributed by atoms with Gasteiger partial charge in [-0.15, -0.1) is 0 Å². The Bertz CT molecular complexity index is 595. The summed E-state index contributed by atoms with van der Waals surface area (Å²) >= 11 is 0. The summed E-state index contributed by atoms with van der Waals surface area (Å²) in [6.45, 7) is 2.13. The molecule has 0 aromatic heterocycles. The first kappa shape index (κ1) is 16.1. The van der Waals surface area contributed by atoms with Crippen molar-refractivity contribution in [1.82, 2.24) is 5.32 Å². The van der Waals surface area contributed by atoms with E-state index in [0.29, 0.717) is 6.42 Å². The zero-order valence-corrected chi connectivity index (χ0v) is 13.2. The second-order valence-electron chi connectivity index (χ2n) is 5.31. The highest BCUT2D eigenvalue weighted by molar-refractivity contribution is 5.79. The van der Waals surface area contributed by atoms with Gasteiger partial charge in [-0.25, -0.2) is 0 Å². The molecule has 0 fully saturated rings. The van der Waals surface area contributed by atoms with Crippen LogP contribution in [0.3, 0.4) is 0 Å². The van der Waals surface area contributed by atoms with Crippen LogP contribution in [0.4, 0.5) is 0 Å². The van der Waals surface area contributed by atoms with Gasteiger partial charge in [0.05, 0.1) is 19.6 Å². The van der Waals surface area contributed by atoms with Gasteiger partial charge in [-0.3, -0.25) is 4.79 Å². The summed E-state index contributed by atoms with van der Waals surface area (Å²) in [5.41, 5.74) is 2.06. The first-order valence-corrected chi connectivity index (χ1v) is 7.70. The van der Waals surface area contributed by atoms with Crippen LogP contribution >= 0.6 is 0 Å². The van der Waals surface area contributed by atoms with E-state index in [4.69, 9.17) is 4.74 Å². The van der Waals surface area contributed by atoms with Gasteiger partial charge < -0.3 is 10.1 Å². The number of hydrogen-bond acceptors (Lipinski definition) is 2. The molecule has 116 valence electrons. The Morgan fingerprint density at radius 2 is 1.77 bits per heavy atom. The summed E-state index contributed by atoms with van der Waals surface area (Å²) < 4.78 is 5.30. The van der Waals surface area contributed by atoms with Gasteiger partial charge in [0.15, 0.2) is 0 Å². The topological polar surface area (TPSA) is 38.3 Å². The van der Waals surface area contributed by atoms with Crippen molar-refractivity contribution in [3.63, 3.8) is 0 Å². The van der Waals surface area contributed by atoms with Gasteiger partial charge in [0.25, 0.3) is 0 Å². The molecule has 22 heavy (non-hydrogen) atoms. The van der Waals surface area contributed by atoms with Crippen molar-refractivity contribution >= 4 is 5.91 Å². The lowest BCUT2D eigenvalue weighted by atomic mass is 10.0. The van der Waals surface area contributed by atoms with E-state index < -0.39 is 0 Å². The van der Waals surface area contributed by atoms with E-state index in [1.54, 1.807) is 7.11 Å². The van der Waals surface area contributed by atoms with Gasteiger partial charge in [-0.2, -0.15) is 0 Å². The van der Waals surface area contributed by atoms with Crippen molar-refractivity contribution < 1.29 is 9.53 Å². The largest absolute Gasteiger partial charge is 0.496 e. The number of para-hydroxylation sites is 1. The highest BCUT2D eigenvalue weighted by atomic mass is 16.5. The molecule has 0 aliphatic carbocycles. The smallest absolute Gasteiger partial charge is 0.225 e. The molecule has 0 aliphatic rings. The summed E-state index contributed by atoms with van der Waals surface area (Å²) in [5.74, 6) is 0.774. The zero-order valence-electron chi connectivity index (χ0n) is 13.2. The van der Waals surface area contributed by atoms with Crippen LogP contribution in [0, 0.1) is 0 Å². The normalized spacial score (nSPS) is 11.7. The number of hydrogen-bond donors (Lipinski definition) is 1. The predicted octanol–water partition coefficient (Wildman–Crippen LogP) is 3.90. The summed E-state index contributed by atoms with van der Waals surface area (Å²) in [6.07, 6.45) is 2.28. The number of amides is 1. The molecule has 2 rings (SSSR count). The minimum absolute atomic E-state index is 0.0202. The molecule has 3 nitrogen and oxygen atoms in total. The molecule has 2 aromatic carbocycles. The molecule has 0 saturated heterocycles. The maximum atomic E-state index is 12.4. The minimum Gasteiger partial charge on any atom is -0.496 e. The molecule has 1 N–H and O–H groups in total. The van der Waals surface area contributed by atoms with Gasteiger partial charge in [0.1, 0.15) is 5.75 Å². The fourth-order valence-corrected chi connectivity index (χ4v) is 2.56. The third-order valence-electron chi connectivity index (χ3n) is 3.66. The number of benzene rings is 2. The van der Waals surface area contributed by atoms with Crippen molar-refractivity contribution in [1.29, 1.82) is 0 Å². The number of methoxy groups -OCH3 is 1. The minimum atomic E-state index is 0.0202. The Morgan fingerprint density at radius 3 is 2.45 bits per heavy atom. The standard InChI is InChI=1S/C19H23NO2/c1-3-9-17(15-10-5-4-6-11-15)20-19(21)14-16-12-7-8-13-18(16)22-2/h4-8,10-13,17H,3,9,14H2,1-2H3,(H,20,21). The molecule has 0 heterocycles. The van der Waals surface area contributed by atoms with Gasteiger partial charge in [0.2, 0.25) is 5.91 Å². The Kier molecular flexibility index (Phi) is 6.01. The molecule has 1 unspecified atom stereocenters. The lowest BCUT2D eigenvalue weighted by Gasteiger charge is -2.19. The van der Waals surface area contributed by atoms with E-state index in [1.807, 2.05) is 42.5 Å². The van der Waals surface area contributed by atoms with Crippen LogP contribution in [0.1, 0.15) is 36.9 Å². The quantitative estimate of drug-likeness (QED) is 0.842. The van der Waals surface area contributed by atoms with E-state index in [9.17, 15) is 4.79 Å². The Balaban J connectivity index is 2.05. The third-order valence-corrected chi connectivity index (χ3v) is 3.66. The SMILES string of the molecule is CCCC(NC(=O)Cc1ccccc1OC)c1ccccc1. The number of carbonyl (C=O) groups is 1. The lowest BCUT2D eigenvalue weighted by molar-refractivity contribution is -0.121. The second kappa shape index (κ2) is 8.23. The molecule has 1 amide bonds. The van der Waals surface area contributed by atoms with Crippen LogP contribution in [0.15, 0.2) is 54.6 Å². The maximum absolute atomic E-state index is 12.4. The van der Waals surface area contributed by atoms with Gasteiger partial charge in [0, 0.05) is 5.56 Å². The Hall–Kier alpha value is -2.29. The molecule has 3 heteroatoms. The monoisotopic (exact) mass is 297 g/mol. The maximum Gasteiger partial charge on any atom is 0.225 e. The molecule has 0 saturated carbocycles. The number of carbonyl (C=O) groups excluding carboxylic acids is 1. The highest BCUT2D eigenvalue weighted by Gasteiger charge is 2.15. The average molecular weight is 297 g/mol. The molecule has 0 bridgehead atoms. The van der Waals surface area contributed by atoms with Crippen molar-refractivity contribution in [2.45, 2.75) is 32.2 Å². The van der Waals surface area contributed by atoms with Crippen LogP contribution in [-0.2, 0) is 11.2 Å². The van der Waals surface area contributed by atoms with E-state index >= 15 is 0 Å². The van der Waals surface area contributed by atoms with Crippen LogP contribution in [-0.4, -0.2) is 13.0 Å². The molecular weight excluding hydrogens is 274 g/mol. The molecular formula is C19H23NO2. The summed E-state index contributed by atoms with van der Waals surface area (Å²) in [5, 5.41) is 3.14. The average Bonchev–Trinajstić information content (AvgIpc) is 2.56. The summed E-state index contributed by atoms with van der Waals surface area (Å²) in [4.78, 5) is 12.4. The van der Waals surface area contributed by atoms with Gasteiger partial charge in [-0.1, -0.05) is 61.9 Å². The molecule has 0 aliphatic heterocycles. The first-order valence-electron chi connectivity index (χ1n) is 7.70. The zero-order chi connectivity index (χ0) is 15.8. The molecule has 0 radical (unpaired) electrons. The molecule has 2 aromatic rings. The molecule has 0 spiro atoms. The van der Waals surface area contributed by atoms with Gasteiger partial charge in [-0.05, 0) is 18.1 Å². The highest BCUT2D eigenvalue weighted by Crippen LogP contribution is 2.20. The predicted molar refractivity (Wildman–Crippen MR) is 88.9 cm³/mol. The van der Waals surface area contributed by atoms with Crippen molar-refractivity contribution in [3.8, 4) is 5.75 Å². The van der Waals surface area contributed by atoms with Crippen molar-refractivity contribution in [3.05, 3.63) is 65.7 Å². The fraction of sp³-hybridized carbons (Fsp3) is 0.316. The second-order valence-corrected chi connectivity index (χ2v) is 5.31. The van der Waals surface area contributed by atoms with E-state index in [1.165, 1.54) is 0 Å². The Labute approximate surface area is 132 Å². The fourth-order valence-electron chi connectivity index (χ4n) is 2.56. The van der Waals surface area contributed by atoms with Gasteiger partial charge >= 0.3 is 0 Å². The summed E-state index contributed by atoms with van der Waals surface area (Å²) in [7, 11) is 1.63. The van der Waals surface area contributed by atoms with Crippen molar-refractivity contribution in [2.75, 3.05) is 7.11 Å². The van der Waals surface area contributed by atoms with Crippen LogP contribution < -0.4 is 10.1 Å². The van der Waals surface area contributed by atoms with Crippen LogP contribution in [0.2, 0.25) is 0 Å². The summed E-state index contributed by atoms with van der Waals surface area (Å²) in [6, 6.07) is 17.8. The van der Waals surface area contributed by atoms with E-state index in [0.717, 1.165) is 29.7 Å². The molecule has 1 atom stereocenters. The number of rotatable bonds is 7.